The normalized spacial score (nSPS) is 12.3. The molecule has 3 heteroatoms. The standard InChI is InChI=1S/C10H13O3/c1-7(11)9-6-8(12-2)4-5-10(9)13-3/h4-7H,1-3H3. The van der Waals surface area contributed by atoms with E-state index in [2.05, 4.69) is 0 Å². The van der Waals surface area contributed by atoms with Crippen molar-refractivity contribution in [3.05, 3.63) is 23.8 Å². The minimum atomic E-state index is -0.801. The zero-order valence-corrected chi connectivity index (χ0v) is 8.03. The summed E-state index contributed by atoms with van der Waals surface area (Å²) < 4.78 is 10.1. The van der Waals surface area contributed by atoms with Crippen LogP contribution in [0.5, 0.6) is 11.5 Å². The second-order valence-electron chi connectivity index (χ2n) is 2.75. The molecule has 0 aliphatic rings. The number of hydrogen-bond acceptors (Lipinski definition) is 2. The van der Waals surface area contributed by atoms with Crippen LogP contribution in [0.1, 0.15) is 18.6 Å². The Balaban J connectivity index is 3.10. The fraction of sp³-hybridized carbons (Fsp3) is 0.400. The van der Waals surface area contributed by atoms with Gasteiger partial charge < -0.3 is 9.47 Å². The van der Waals surface area contributed by atoms with Gasteiger partial charge in [-0.3, -0.25) is 0 Å². The number of ether oxygens (including phenoxy) is 2. The van der Waals surface area contributed by atoms with Crippen LogP contribution in [0.4, 0.5) is 0 Å². The Kier molecular flexibility index (Phi) is 3.14. The highest BCUT2D eigenvalue weighted by molar-refractivity contribution is 5.41. The third kappa shape index (κ3) is 2.12. The van der Waals surface area contributed by atoms with E-state index in [4.69, 9.17) is 9.47 Å². The van der Waals surface area contributed by atoms with Crippen LogP contribution in [0.15, 0.2) is 18.2 Å². The van der Waals surface area contributed by atoms with E-state index in [9.17, 15) is 5.11 Å². The molecule has 0 aromatic heterocycles. The molecule has 1 atom stereocenters. The summed E-state index contributed by atoms with van der Waals surface area (Å²) in [5, 5.41) is 11.2. The Labute approximate surface area is 77.9 Å². The predicted octanol–water partition coefficient (Wildman–Crippen LogP) is 2.20. The van der Waals surface area contributed by atoms with E-state index in [1.54, 1.807) is 39.3 Å². The van der Waals surface area contributed by atoms with E-state index in [0.29, 0.717) is 17.1 Å². The van der Waals surface area contributed by atoms with Gasteiger partial charge in [0, 0.05) is 5.56 Å². The molecule has 0 N–H and O–H groups in total. The van der Waals surface area contributed by atoms with Gasteiger partial charge in [-0.1, -0.05) is 0 Å². The quantitative estimate of drug-likeness (QED) is 0.716. The molecule has 0 bridgehead atoms. The van der Waals surface area contributed by atoms with Gasteiger partial charge >= 0.3 is 0 Å². The van der Waals surface area contributed by atoms with Gasteiger partial charge in [0.2, 0.25) is 0 Å². The maximum Gasteiger partial charge on any atom is 0.125 e. The fourth-order valence-corrected chi connectivity index (χ4v) is 1.16. The molecule has 13 heavy (non-hydrogen) atoms. The molecule has 1 radical (unpaired) electrons. The maximum absolute atomic E-state index is 11.2. The van der Waals surface area contributed by atoms with Gasteiger partial charge in [-0.25, -0.2) is 5.11 Å². The molecule has 1 unspecified atom stereocenters. The zero-order chi connectivity index (χ0) is 9.84. The number of benzene rings is 1. The first kappa shape index (κ1) is 9.86. The highest BCUT2D eigenvalue weighted by Gasteiger charge is 2.10. The molecule has 0 aliphatic carbocycles. The lowest BCUT2D eigenvalue weighted by Gasteiger charge is -2.10. The summed E-state index contributed by atoms with van der Waals surface area (Å²) in [4.78, 5) is 0. The van der Waals surface area contributed by atoms with Crippen molar-refractivity contribution < 1.29 is 14.6 Å². The van der Waals surface area contributed by atoms with Crippen molar-refractivity contribution in [2.75, 3.05) is 14.2 Å². The van der Waals surface area contributed by atoms with E-state index >= 15 is 0 Å². The molecule has 3 nitrogen and oxygen atoms in total. The zero-order valence-electron chi connectivity index (χ0n) is 8.03. The molecule has 0 heterocycles. The minimum Gasteiger partial charge on any atom is -0.497 e. The summed E-state index contributed by atoms with van der Waals surface area (Å²) in [6.07, 6.45) is -0.801. The van der Waals surface area contributed by atoms with E-state index < -0.39 is 6.10 Å². The molecular formula is C10H13O3. The molecule has 0 saturated heterocycles. The average Bonchev–Trinajstić information content (AvgIpc) is 2.16. The third-order valence-corrected chi connectivity index (χ3v) is 1.87. The van der Waals surface area contributed by atoms with Crippen molar-refractivity contribution in [3.8, 4) is 11.5 Å². The van der Waals surface area contributed by atoms with Gasteiger partial charge in [0.1, 0.15) is 17.6 Å². The largest absolute Gasteiger partial charge is 0.497 e. The number of methoxy groups -OCH3 is 2. The van der Waals surface area contributed by atoms with E-state index in [1.807, 2.05) is 0 Å². The molecule has 1 aromatic carbocycles. The Morgan fingerprint density at radius 3 is 2.38 bits per heavy atom. The summed E-state index contributed by atoms with van der Waals surface area (Å²) in [6.45, 7) is 1.58. The van der Waals surface area contributed by atoms with E-state index in [1.165, 1.54) is 0 Å². The van der Waals surface area contributed by atoms with Crippen molar-refractivity contribution in [1.82, 2.24) is 0 Å². The van der Waals surface area contributed by atoms with Crippen LogP contribution >= 0.6 is 0 Å². The van der Waals surface area contributed by atoms with Gasteiger partial charge in [0.15, 0.2) is 0 Å². The van der Waals surface area contributed by atoms with Crippen LogP contribution in [0.2, 0.25) is 0 Å². The van der Waals surface area contributed by atoms with E-state index in [-0.39, 0.29) is 0 Å². The molecule has 0 amide bonds. The third-order valence-electron chi connectivity index (χ3n) is 1.87. The summed E-state index contributed by atoms with van der Waals surface area (Å²) in [7, 11) is 3.12. The highest BCUT2D eigenvalue weighted by atomic mass is 16.5. The highest BCUT2D eigenvalue weighted by Crippen LogP contribution is 2.29. The molecule has 71 valence electrons. The van der Waals surface area contributed by atoms with Gasteiger partial charge in [0.25, 0.3) is 0 Å². The lowest BCUT2D eigenvalue weighted by molar-refractivity contribution is 0.103. The number of rotatable bonds is 3. The van der Waals surface area contributed by atoms with Crippen LogP contribution in [0.3, 0.4) is 0 Å². The fourth-order valence-electron chi connectivity index (χ4n) is 1.16. The molecule has 0 aliphatic heterocycles. The summed E-state index contributed by atoms with van der Waals surface area (Å²) in [5.74, 6) is 1.29. The van der Waals surface area contributed by atoms with Crippen LogP contribution in [-0.2, 0) is 5.11 Å². The van der Waals surface area contributed by atoms with Crippen molar-refractivity contribution in [3.63, 3.8) is 0 Å². The summed E-state index contributed by atoms with van der Waals surface area (Å²) in [5.41, 5.74) is 0.627. The Hall–Kier alpha value is -1.22. The van der Waals surface area contributed by atoms with Gasteiger partial charge in [0.05, 0.1) is 14.2 Å². The Morgan fingerprint density at radius 2 is 1.92 bits per heavy atom. The second-order valence-corrected chi connectivity index (χ2v) is 2.75. The predicted molar refractivity (Wildman–Crippen MR) is 48.6 cm³/mol. The summed E-state index contributed by atoms with van der Waals surface area (Å²) >= 11 is 0. The van der Waals surface area contributed by atoms with Crippen molar-refractivity contribution in [2.24, 2.45) is 0 Å². The second kappa shape index (κ2) is 4.14. The van der Waals surface area contributed by atoms with Gasteiger partial charge in [-0.05, 0) is 25.1 Å². The average molecular weight is 181 g/mol. The molecule has 1 rings (SSSR count). The van der Waals surface area contributed by atoms with E-state index in [0.717, 1.165) is 0 Å². The molecule has 0 spiro atoms. The van der Waals surface area contributed by atoms with Crippen LogP contribution < -0.4 is 9.47 Å². The Bertz CT molecular complexity index is 281. The SMILES string of the molecule is COc1ccc(OC)c(C(C)[O])c1. The topological polar surface area (TPSA) is 38.4 Å². The smallest absolute Gasteiger partial charge is 0.125 e. The van der Waals surface area contributed by atoms with Crippen LogP contribution in [0, 0.1) is 0 Å². The van der Waals surface area contributed by atoms with Crippen molar-refractivity contribution in [2.45, 2.75) is 13.0 Å². The lowest BCUT2D eigenvalue weighted by atomic mass is 10.1. The monoisotopic (exact) mass is 181 g/mol. The first-order chi connectivity index (χ1) is 6.19. The van der Waals surface area contributed by atoms with Crippen molar-refractivity contribution >= 4 is 0 Å². The molecule has 0 saturated carbocycles. The van der Waals surface area contributed by atoms with Crippen LogP contribution in [-0.4, -0.2) is 14.2 Å². The molecule has 0 fully saturated rings. The Morgan fingerprint density at radius 1 is 1.23 bits per heavy atom. The van der Waals surface area contributed by atoms with Gasteiger partial charge in [-0.2, -0.15) is 0 Å². The summed E-state index contributed by atoms with van der Waals surface area (Å²) in [6, 6.07) is 5.21. The minimum absolute atomic E-state index is 0.614. The maximum atomic E-state index is 11.2. The van der Waals surface area contributed by atoms with Gasteiger partial charge in [-0.15, -0.1) is 0 Å². The lowest BCUT2D eigenvalue weighted by Crippen LogP contribution is -1.96. The molecule has 1 aromatic rings. The first-order valence-corrected chi connectivity index (χ1v) is 4.06. The van der Waals surface area contributed by atoms with Crippen LogP contribution in [0.25, 0.3) is 0 Å². The first-order valence-electron chi connectivity index (χ1n) is 4.06. The van der Waals surface area contributed by atoms with Crippen molar-refractivity contribution in [1.29, 1.82) is 0 Å². The molecular weight excluding hydrogens is 168 g/mol. The number of hydrogen-bond donors (Lipinski definition) is 0.